The predicted octanol–water partition coefficient (Wildman–Crippen LogP) is 1.77. The number of amides is 1. The molecule has 1 unspecified atom stereocenters. The van der Waals surface area contributed by atoms with E-state index in [0.717, 1.165) is 12.8 Å². The minimum absolute atomic E-state index is 0.0544. The fourth-order valence-corrected chi connectivity index (χ4v) is 2.66. The van der Waals surface area contributed by atoms with E-state index in [1.54, 1.807) is 4.90 Å². The normalized spacial score (nSPS) is 19.3. The van der Waals surface area contributed by atoms with Gasteiger partial charge in [0.15, 0.2) is 0 Å². The fraction of sp³-hybridized carbons (Fsp3) is 0.417. The number of nitrogen functional groups attached to an aromatic ring is 1. The molecule has 1 aromatic carbocycles. The monoisotopic (exact) mass is 316 g/mol. The lowest BCUT2D eigenvalue weighted by Crippen LogP contribution is -2.37. The maximum absolute atomic E-state index is 13.2. The van der Waals surface area contributed by atoms with Gasteiger partial charge in [0, 0.05) is 11.0 Å². The molecule has 18 heavy (non-hydrogen) atoms. The molecule has 1 atom stereocenters. The summed E-state index contributed by atoms with van der Waals surface area (Å²) in [5.41, 5.74) is 5.75. The van der Waals surface area contributed by atoms with Crippen LogP contribution in [0, 0.1) is 5.82 Å². The Balaban J connectivity index is 2.31. The standard InChI is InChI=1S/C12H14BrFN2O2/c13-9-5-10(14)11(15)4-8(9)12(18)16-3-1-2-7(16)6-17/h4-5,7,17H,1-3,6,15H2. The molecule has 1 fully saturated rings. The number of hydrogen-bond acceptors (Lipinski definition) is 3. The van der Waals surface area contributed by atoms with Crippen LogP contribution in [-0.4, -0.2) is 35.1 Å². The fourth-order valence-electron chi connectivity index (χ4n) is 2.18. The van der Waals surface area contributed by atoms with Gasteiger partial charge < -0.3 is 15.7 Å². The van der Waals surface area contributed by atoms with Crippen molar-refractivity contribution < 1.29 is 14.3 Å². The molecular weight excluding hydrogens is 303 g/mol. The summed E-state index contributed by atoms with van der Waals surface area (Å²) in [7, 11) is 0. The molecule has 1 aliphatic rings. The van der Waals surface area contributed by atoms with E-state index in [0.29, 0.717) is 16.6 Å². The highest BCUT2D eigenvalue weighted by atomic mass is 79.9. The summed E-state index contributed by atoms with van der Waals surface area (Å²) in [6, 6.07) is 2.36. The number of hydrogen-bond donors (Lipinski definition) is 2. The number of carbonyl (C=O) groups excluding carboxylic acids is 1. The van der Waals surface area contributed by atoms with Crippen LogP contribution < -0.4 is 5.73 Å². The van der Waals surface area contributed by atoms with Crippen LogP contribution in [0.5, 0.6) is 0 Å². The number of aliphatic hydroxyl groups excluding tert-OH is 1. The van der Waals surface area contributed by atoms with Crippen LogP contribution >= 0.6 is 15.9 Å². The van der Waals surface area contributed by atoms with Crippen molar-refractivity contribution in [1.29, 1.82) is 0 Å². The van der Waals surface area contributed by atoms with Crippen LogP contribution in [0.1, 0.15) is 23.2 Å². The molecule has 4 nitrogen and oxygen atoms in total. The van der Waals surface area contributed by atoms with Crippen LogP contribution in [-0.2, 0) is 0 Å². The van der Waals surface area contributed by atoms with Crippen molar-refractivity contribution in [3.8, 4) is 0 Å². The second-order valence-corrected chi connectivity index (χ2v) is 5.19. The largest absolute Gasteiger partial charge is 0.396 e. The van der Waals surface area contributed by atoms with E-state index in [1.807, 2.05) is 0 Å². The van der Waals surface area contributed by atoms with E-state index < -0.39 is 5.82 Å². The summed E-state index contributed by atoms with van der Waals surface area (Å²) in [6.45, 7) is 0.549. The Morgan fingerprint density at radius 1 is 1.61 bits per heavy atom. The molecule has 0 saturated carbocycles. The number of benzene rings is 1. The average molecular weight is 317 g/mol. The van der Waals surface area contributed by atoms with Gasteiger partial charge in [0.2, 0.25) is 0 Å². The molecular formula is C12H14BrFN2O2. The Kier molecular flexibility index (Phi) is 3.87. The van der Waals surface area contributed by atoms with E-state index >= 15 is 0 Å². The second kappa shape index (κ2) is 5.24. The van der Waals surface area contributed by atoms with Crippen LogP contribution in [0.15, 0.2) is 16.6 Å². The van der Waals surface area contributed by atoms with Crippen LogP contribution in [0.3, 0.4) is 0 Å². The van der Waals surface area contributed by atoms with Crippen molar-refractivity contribution in [2.24, 2.45) is 0 Å². The molecule has 98 valence electrons. The molecule has 6 heteroatoms. The summed E-state index contributed by atoms with van der Waals surface area (Å²) in [6.07, 6.45) is 1.65. The molecule has 1 heterocycles. The molecule has 0 aromatic heterocycles. The van der Waals surface area contributed by atoms with Gasteiger partial charge in [0.1, 0.15) is 5.82 Å². The van der Waals surface area contributed by atoms with Crippen LogP contribution in [0.25, 0.3) is 0 Å². The molecule has 0 aliphatic carbocycles. The van der Waals surface area contributed by atoms with E-state index in [-0.39, 0.29) is 24.2 Å². The van der Waals surface area contributed by atoms with E-state index in [2.05, 4.69) is 15.9 Å². The number of nitrogens with two attached hydrogens (primary N) is 1. The van der Waals surface area contributed by atoms with Crippen molar-refractivity contribution in [1.82, 2.24) is 4.90 Å². The summed E-state index contributed by atoms with van der Waals surface area (Å²) in [4.78, 5) is 13.9. The van der Waals surface area contributed by atoms with Crippen LogP contribution in [0.2, 0.25) is 0 Å². The Bertz CT molecular complexity index is 481. The van der Waals surface area contributed by atoms with E-state index in [9.17, 15) is 14.3 Å². The quantitative estimate of drug-likeness (QED) is 0.817. The minimum atomic E-state index is -0.557. The van der Waals surface area contributed by atoms with Gasteiger partial charge in [-0.2, -0.15) is 0 Å². The maximum atomic E-state index is 13.2. The smallest absolute Gasteiger partial charge is 0.255 e. The molecule has 1 saturated heterocycles. The molecule has 1 aliphatic heterocycles. The average Bonchev–Trinajstić information content (AvgIpc) is 2.81. The summed E-state index contributed by atoms with van der Waals surface area (Å²) >= 11 is 3.17. The number of anilines is 1. The van der Waals surface area contributed by atoms with Gasteiger partial charge in [-0.15, -0.1) is 0 Å². The Morgan fingerprint density at radius 3 is 3.00 bits per heavy atom. The van der Waals surface area contributed by atoms with Gasteiger partial charge in [0.25, 0.3) is 5.91 Å². The van der Waals surface area contributed by atoms with Gasteiger partial charge >= 0.3 is 0 Å². The number of halogens is 2. The van der Waals surface area contributed by atoms with E-state index in [4.69, 9.17) is 5.73 Å². The zero-order valence-corrected chi connectivity index (χ0v) is 11.3. The zero-order valence-electron chi connectivity index (χ0n) is 9.70. The number of aliphatic hydroxyl groups is 1. The molecule has 1 amide bonds. The van der Waals surface area contributed by atoms with Crippen molar-refractivity contribution in [2.75, 3.05) is 18.9 Å². The zero-order chi connectivity index (χ0) is 13.3. The Labute approximate surface area is 113 Å². The lowest BCUT2D eigenvalue weighted by molar-refractivity contribution is 0.0676. The Hall–Kier alpha value is -1.14. The summed E-state index contributed by atoms with van der Waals surface area (Å²) < 4.78 is 13.6. The highest BCUT2D eigenvalue weighted by Gasteiger charge is 2.30. The molecule has 0 radical (unpaired) electrons. The highest BCUT2D eigenvalue weighted by molar-refractivity contribution is 9.10. The number of carbonyl (C=O) groups is 1. The van der Waals surface area contributed by atoms with Gasteiger partial charge in [-0.25, -0.2) is 4.39 Å². The highest BCUT2D eigenvalue weighted by Crippen LogP contribution is 2.27. The summed E-state index contributed by atoms with van der Waals surface area (Å²) in [5, 5.41) is 9.21. The maximum Gasteiger partial charge on any atom is 0.255 e. The van der Waals surface area contributed by atoms with Gasteiger partial charge in [-0.3, -0.25) is 4.79 Å². The lowest BCUT2D eigenvalue weighted by atomic mass is 10.1. The van der Waals surface area contributed by atoms with Crippen molar-refractivity contribution in [3.63, 3.8) is 0 Å². The second-order valence-electron chi connectivity index (χ2n) is 4.33. The molecule has 3 N–H and O–H groups in total. The number of likely N-dealkylation sites (tertiary alicyclic amines) is 1. The molecule has 2 rings (SSSR count). The van der Waals surface area contributed by atoms with Crippen molar-refractivity contribution >= 4 is 27.5 Å². The minimum Gasteiger partial charge on any atom is -0.396 e. The SMILES string of the molecule is Nc1cc(C(=O)N2CCCC2CO)c(Br)cc1F. The van der Waals surface area contributed by atoms with Crippen LogP contribution in [0.4, 0.5) is 10.1 Å². The predicted molar refractivity (Wildman–Crippen MR) is 69.7 cm³/mol. The van der Waals surface area contributed by atoms with E-state index in [1.165, 1.54) is 12.1 Å². The van der Waals surface area contributed by atoms with Crippen molar-refractivity contribution in [2.45, 2.75) is 18.9 Å². The molecule has 1 aromatic rings. The first-order valence-electron chi connectivity index (χ1n) is 5.71. The lowest BCUT2D eigenvalue weighted by Gasteiger charge is -2.23. The third-order valence-electron chi connectivity index (χ3n) is 3.17. The van der Waals surface area contributed by atoms with Gasteiger partial charge in [-0.1, -0.05) is 0 Å². The first kappa shape index (κ1) is 13.3. The third-order valence-corrected chi connectivity index (χ3v) is 3.82. The number of rotatable bonds is 2. The number of nitrogens with zero attached hydrogens (tertiary/aromatic N) is 1. The first-order valence-corrected chi connectivity index (χ1v) is 6.50. The van der Waals surface area contributed by atoms with Crippen molar-refractivity contribution in [3.05, 3.63) is 28.0 Å². The molecule has 0 spiro atoms. The van der Waals surface area contributed by atoms with Gasteiger partial charge in [0.05, 0.1) is 23.9 Å². The summed E-state index contributed by atoms with van der Waals surface area (Å²) in [5.74, 6) is -0.788. The van der Waals surface area contributed by atoms with Gasteiger partial charge in [-0.05, 0) is 40.9 Å². The Morgan fingerprint density at radius 2 is 2.33 bits per heavy atom. The third kappa shape index (κ3) is 2.35. The first-order chi connectivity index (χ1) is 8.54. The molecule has 0 bridgehead atoms. The topological polar surface area (TPSA) is 66.6 Å².